The number of carbonyl (C=O) groups is 2. The molecule has 106 valence electrons. The molecule has 0 spiro atoms. The largest absolute Gasteiger partial charge is 0.381 e. The number of urea groups is 1. The molecular formula is C12H19N3O4. The van der Waals surface area contributed by atoms with Crippen molar-refractivity contribution in [2.45, 2.75) is 31.1 Å². The highest BCUT2D eigenvalue weighted by molar-refractivity contribution is 5.79. The number of hydrogen-bond donors (Lipinski definition) is 3. The summed E-state index contributed by atoms with van der Waals surface area (Å²) < 4.78 is 10.7. The van der Waals surface area contributed by atoms with Gasteiger partial charge in [-0.05, 0) is 12.8 Å². The standard InChI is InChI=1S/C12H19N3O4/c13-11(16)9-2-1-6(19-9)3-14-12(17)15-10-7-4-18-5-8(7)10/h6-10H,1-5H2,(H2,13,16)(H2,14,15,17)/t6?,7-,8+,9?,10?. The lowest BCUT2D eigenvalue weighted by Crippen LogP contribution is -2.42. The average Bonchev–Trinajstić information content (AvgIpc) is 2.82. The molecule has 0 radical (unpaired) electrons. The Morgan fingerprint density at radius 2 is 1.95 bits per heavy atom. The Kier molecular flexibility index (Phi) is 3.32. The van der Waals surface area contributed by atoms with E-state index < -0.39 is 12.0 Å². The quantitative estimate of drug-likeness (QED) is 0.606. The smallest absolute Gasteiger partial charge is 0.315 e. The Labute approximate surface area is 111 Å². The lowest BCUT2D eigenvalue weighted by molar-refractivity contribution is -0.128. The van der Waals surface area contributed by atoms with Crippen molar-refractivity contribution in [3.8, 4) is 0 Å². The van der Waals surface area contributed by atoms with Crippen LogP contribution in [0.3, 0.4) is 0 Å². The number of nitrogens with one attached hydrogen (secondary N) is 2. The first kappa shape index (κ1) is 12.7. The predicted molar refractivity (Wildman–Crippen MR) is 65.2 cm³/mol. The average molecular weight is 269 g/mol. The Morgan fingerprint density at radius 3 is 2.58 bits per heavy atom. The maximum absolute atomic E-state index is 11.7. The van der Waals surface area contributed by atoms with Crippen LogP contribution in [0.25, 0.3) is 0 Å². The zero-order valence-electron chi connectivity index (χ0n) is 10.6. The Morgan fingerprint density at radius 1 is 1.21 bits per heavy atom. The van der Waals surface area contributed by atoms with Crippen LogP contribution in [0.1, 0.15) is 12.8 Å². The van der Waals surface area contributed by atoms with Crippen LogP contribution in [-0.2, 0) is 14.3 Å². The zero-order chi connectivity index (χ0) is 13.4. The molecule has 2 saturated heterocycles. The van der Waals surface area contributed by atoms with Gasteiger partial charge >= 0.3 is 6.03 Å². The van der Waals surface area contributed by atoms with Gasteiger partial charge in [0.2, 0.25) is 5.91 Å². The Balaban J connectivity index is 1.34. The molecule has 1 aliphatic carbocycles. The Hall–Kier alpha value is -1.34. The number of ether oxygens (including phenoxy) is 2. The van der Waals surface area contributed by atoms with Crippen LogP contribution in [0.4, 0.5) is 4.79 Å². The first-order chi connectivity index (χ1) is 9.15. The number of rotatable bonds is 4. The molecule has 0 bridgehead atoms. The molecule has 0 aromatic heterocycles. The molecule has 7 nitrogen and oxygen atoms in total. The van der Waals surface area contributed by atoms with Crippen molar-refractivity contribution in [1.82, 2.24) is 10.6 Å². The summed E-state index contributed by atoms with van der Waals surface area (Å²) in [6.07, 6.45) is 0.754. The molecule has 3 unspecified atom stereocenters. The van der Waals surface area contributed by atoms with Gasteiger partial charge in [-0.3, -0.25) is 4.79 Å². The van der Waals surface area contributed by atoms with Crippen LogP contribution in [0.2, 0.25) is 0 Å². The van der Waals surface area contributed by atoms with E-state index in [-0.39, 0.29) is 18.2 Å². The number of carbonyl (C=O) groups excluding carboxylic acids is 2. The summed E-state index contributed by atoms with van der Waals surface area (Å²) in [5.41, 5.74) is 5.17. The van der Waals surface area contributed by atoms with E-state index in [4.69, 9.17) is 15.2 Å². The highest BCUT2D eigenvalue weighted by Crippen LogP contribution is 2.43. The fourth-order valence-electron chi connectivity index (χ4n) is 2.93. The van der Waals surface area contributed by atoms with Gasteiger partial charge in [-0.1, -0.05) is 0 Å². The van der Waals surface area contributed by atoms with E-state index in [0.29, 0.717) is 24.8 Å². The molecule has 4 N–H and O–H groups in total. The van der Waals surface area contributed by atoms with Gasteiger partial charge in [0, 0.05) is 24.4 Å². The van der Waals surface area contributed by atoms with Crippen LogP contribution in [-0.4, -0.2) is 49.9 Å². The van der Waals surface area contributed by atoms with Gasteiger partial charge in [0.1, 0.15) is 6.10 Å². The van der Waals surface area contributed by atoms with E-state index in [0.717, 1.165) is 19.6 Å². The third-order valence-corrected chi connectivity index (χ3v) is 4.17. The van der Waals surface area contributed by atoms with Crippen molar-refractivity contribution in [2.75, 3.05) is 19.8 Å². The molecule has 3 fully saturated rings. The second kappa shape index (κ2) is 4.97. The maximum Gasteiger partial charge on any atom is 0.315 e. The van der Waals surface area contributed by atoms with E-state index in [9.17, 15) is 9.59 Å². The van der Waals surface area contributed by atoms with Crippen LogP contribution in [0, 0.1) is 11.8 Å². The first-order valence-corrected chi connectivity index (χ1v) is 6.72. The van der Waals surface area contributed by atoms with Crippen LogP contribution in [0.15, 0.2) is 0 Å². The number of nitrogens with two attached hydrogens (primary N) is 1. The van der Waals surface area contributed by atoms with Gasteiger partial charge in [0.25, 0.3) is 0 Å². The summed E-state index contributed by atoms with van der Waals surface area (Å²) >= 11 is 0. The highest BCUT2D eigenvalue weighted by Gasteiger charge is 2.54. The molecule has 7 heteroatoms. The minimum absolute atomic E-state index is 0.120. The van der Waals surface area contributed by atoms with Crippen LogP contribution >= 0.6 is 0 Å². The minimum Gasteiger partial charge on any atom is -0.381 e. The molecule has 0 aromatic rings. The zero-order valence-corrected chi connectivity index (χ0v) is 10.6. The van der Waals surface area contributed by atoms with E-state index in [1.807, 2.05) is 0 Å². The van der Waals surface area contributed by atoms with Gasteiger partial charge in [0.15, 0.2) is 0 Å². The molecule has 1 saturated carbocycles. The van der Waals surface area contributed by atoms with Crippen molar-refractivity contribution in [3.05, 3.63) is 0 Å². The number of hydrogen-bond acceptors (Lipinski definition) is 4. The van der Waals surface area contributed by atoms with Crippen molar-refractivity contribution in [3.63, 3.8) is 0 Å². The topological polar surface area (TPSA) is 103 Å². The van der Waals surface area contributed by atoms with Gasteiger partial charge in [-0.25, -0.2) is 4.79 Å². The molecular weight excluding hydrogens is 250 g/mol. The third-order valence-electron chi connectivity index (χ3n) is 4.17. The number of amides is 3. The molecule has 0 aromatic carbocycles. The fourth-order valence-corrected chi connectivity index (χ4v) is 2.93. The normalized spacial score (nSPS) is 39.7. The number of fused-ring (bicyclic) bond motifs is 1. The van der Waals surface area contributed by atoms with Crippen LogP contribution in [0.5, 0.6) is 0 Å². The first-order valence-electron chi connectivity index (χ1n) is 6.72. The van der Waals surface area contributed by atoms with E-state index in [1.165, 1.54) is 0 Å². The summed E-state index contributed by atoms with van der Waals surface area (Å²) in [6.45, 7) is 1.91. The summed E-state index contributed by atoms with van der Waals surface area (Å²) in [5, 5.41) is 5.71. The van der Waals surface area contributed by atoms with E-state index in [2.05, 4.69) is 10.6 Å². The molecule has 3 amide bonds. The van der Waals surface area contributed by atoms with Crippen molar-refractivity contribution < 1.29 is 19.1 Å². The van der Waals surface area contributed by atoms with Gasteiger partial charge in [0.05, 0.1) is 19.3 Å². The molecule has 19 heavy (non-hydrogen) atoms. The fraction of sp³-hybridized carbons (Fsp3) is 0.833. The summed E-state index contributed by atoms with van der Waals surface area (Å²) in [4.78, 5) is 22.6. The molecule has 5 atom stereocenters. The SMILES string of the molecule is NC(=O)C1CCC(CNC(=O)NC2[C@H]3COC[C@@H]23)O1. The highest BCUT2D eigenvalue weighted by atomic mass is 16.5. The van der Waals surface area contributed by atoms with Crippen molar-refractivity contribution in [2.24, 2.45) is 17.6 Å². The van der Waals surface area contributed by atoms with Gasteiger partial charge < -0.3 is 25.8 Å². The maximum atomic E-state index is 11.7. The minimum atomic E-state index is -0.505. The van der Waals surface area contributed by atoms with E-state index in [1.54, 1.807) is 0 Å². The van der Waals surface area contributed by atoms with Crippen LogP contribution < -0.4 is 16.4 Å². The van der Waals surface area contributed by atoms with Crippen molar-refractivity contribution in [1.29, 1.82) is 0 Å². The lowest BCUT2D eigenvalue weighted by atomic mass is 10.2. The number of primary amides is 1. The lowest BCUT2D eigenvalue weighted by Gasteiger charge is -2.14. The van der Waals surface area contributed by atoms with Gasteiger partial charge in [-0.15, -0.1) is 0 Å². The molecule has 2 aliphatic heterocycles. The monoisotopic (exact) mass is 269 g/mol. The third kappa shape index (κ3) is 2.66. The second-order valence-corrected chi connectivity index (χ2v) is 5.47. The molecule has 3 aliphatic rings. The van der Waals surface area contributed by atoms with Crippen molar-refractivity contribution >= 4 is 11.9 Å². The predicted octanol–water partition coefficient (Wildman–Crippen LogP) is -1.04. The van der Waals surface area contributed by atoms with E-state index >= 15 is 0 Å². The summed E-state index contributed by atoms with van der Waals surface area (Å²) in [5.74, 6) is 0.554. The van der Waals surface area contributed by atoms with Gasteiger partial charge in [-0.2, -0.15) is 0 Å². The molecule has 2 heterocycles. The summed E-state index contributed by atoms with van der Waals surface area (Å²) in [6, 6.07) is 0.0853. The second-order valence-electron chi connectivity index (χ2n) is 5.47. The summed E-state index contributed by atoms with van der Waals surface area (Å²) in [7, 11) is 0. The Bertz CT molecular complexity index is 379. The molecule has 3 rings (SSSR count).